The van der Waals surface area contributed by atoms with Crippen molar-refractivity contribution in [1.29, 1.82) is 0 Å². The number of hydrogen-bond donors (Lipinski definition) is 2. The average Bonchev–Trinajstić information content (AvgIpc) is 2.49. The highest BCUT2D eigenvalue weighted by atomic mass is 16.5. The molecule has 0 spiro atoms. The largest absolute Gasteiger partial charge is 0.496 e. The lowest BCUT2D eigenvalue weighted by molar-refractivity contribution is 0.100. The first-order valence-corrected chi connectivity index (χ1v) is 6.79. The fraction of sp³-hybridized carbons (Fsp3) is 0.176. The molecule has 0 aromatic heterocycles. The van der Waals surface area contributed by atoms with Crippen LogP contribution in [0.3, 0.4) is 0 Å². The third-order valence-electron chi connectivity index (χ3n) is 3.43. The zero-order valence-corrected chi connectivity index (χ0v) is 12.8. The minimum atomic E-state index is -0.585. The van der Waals surface area contributed by atoms with Crippen molar-refractivity contribution in [3.63, 3.8) is 0 Å². The van der Waals surface area contributed by atoms with Crippen molar-refractivity contribution in [3.05, 3.63) is 58.7 Å². The van der Waals surface area contributed by atoms with Gasteiger partial charge in [-0.2, -0.15) is 0 Å². The minimum absolute atomic E-state index is 0.277. The number of amides is 2. The Morgan fingerprint density at radius 3 is 2.36 bits per heavy atom. The molecule has 0 unspecified atom stereocenters. The Bertz CT molecular complexity index is 739. The molecule has 0 atom stereocenters. The van der Waals surface area contributed by atoms with Gasteiger partial charge in [0.2, 0.25) is 0 Å². The Morgan fingerprint density at radius 1 is 1.05 bits per heavy atom. The fourth-order valence-corrected chi connectivity index (χ4v) is 2.25. The molecule has 2 amide bonds. The molecular weight excluding hydrogens is 280 g/mol. The first-order chi connectivity index (χ1) is 10.4. The molecular formula is C17H18N2O3. The molecule has 0 bridgehead atoms. The summed E-state index contributed by atoms with van der Waals surface area (Å²) in [5.74, 6) is -0.151. The summed E-state index contributed by atoms with van der Waals surface area (Å²) in [6, 6.07) is 10.2. The van der Waals surface area contributed by atoms with E-state index in [0.29, 0.717) is 11.3 Å². The van der Waals surface area contributed by atoms with Crippen LogP contribution in [-0.4, -0.2) is 18.9 Å². The average molecular weight is 298 g/mol. The number of nitrogens with two attached hydrogens (primary N) is 1. The predicted molar refractivity (Wildman–Crippen MR) is 85.4 cm³/mol. The Morgan fingerprint density at radius 2 is 1.73 bits per heavy atom. The van der Waals surface area contributed by atoms with E-state index in [9.17, 15) is 9.59 Å². The lowest BCUT2D eigenvalue weighted by atomic mass is 10.0. The quantitative estimate of drug-likeness (QED) is 0.910. The Balaban J connectivity index is 2.35. The smallest absolute Gasteiger partial charge is 0.255 e. The number of aryl methyl sites for hydroxylation is 2. The maximum Gasteiger partial charge on any atom is 0.255 e. The van der Waals surface area contributed by atoms with Gasteiger partial charge in [0.25, 0.3) is 11.8 Å². The SMILES string of the molecule is COc1cc(C)c(C(=O)Nc2ccccc2C(N)=O)cc1C. The number of methoxy groups -OCH3 is 1. The van der Waals surface area contributed by atoms with Gasteiger partial charge in [-0.1, -0.05) is 12.1 Å². The molecule has 0 radical (unpaired) electrons. The zero-order chi connectivity index (χ0) is 16.3. The van der Waals surface area contributed by atoms with Crippen LogP contribution in [0.1, 0.15) is 31.8 Å². The van der Waals surface area contributed by atoms with E-state index < -0.39 is 5.91 Å². The van der Waals surface area contributed by atoms with E-state index in [1.165, 1.54) is 0 Å². The maximum absolute atomic E-state index is 12.5. The summed E-state index contributed by atoms with van der Waals surface area (Å²) < 4.78 is 5.24. The van der Waals surface area contributed by atoms with Crippen LogP contribution >= 0.6 is 0 Å². The summed E-state index contributed by atoms with van der Waals surface area (Å²) in [5.41, 5.74) is 8.16. The molecule has 2 rings (SSSR count). The molecule has 22 heavy (non-hydrogen) atoms. The van der Waals surface area contributed by atoms with Crippen LogP contribution in [0.25, 0.3) is 0 Å². The van der Waals surface area contributed by atoms with Gasteiger partial charge in [0, 0.05) is 5.56 Å². The molecule has 0 heterocycles. The Hall–Kier alpha value is -2.82. The molecule has 0 saturated carbocycles. The number of anilines is 1. The summed E-state index contributed by atoms with van der Waals surface area (Å²) in [4.78, 5) is 23.9. The van der Waals surface area contributed by atoms with E-state index in [4.69, 9.17) is 10.5 Å². The standard InChI is InChI=1S/C17H18N2O3/c1-10-9-15(22-3)11(2)8-13(10)17(21)19-14-7-5-4-6-12(14)16(18)20/h4-9H,1-3H3,(H2,18,20)(H,19,21). The molecule has 5 heteroatoms. The van der Waals surface area contributed by atoms with E-state index in [-0.39, 0.29) is 11.5 Å². The summed E-state index contributed by atoms with van der Waals surface area (Å²) >= 11 is 0. The van der Waals surface area contributed by atoms with Crippen molar-refractivity contribution >= 4 is 17.5 Å². The van der Waals surface area contributed by atoms with Gasteiger partial charge in [-0.25, -0.2) is 0 Å². The van der Waals surface area contributed by atoms with E-state index in [1.807, 2.05) is 19.9 Å². The molecule has 0 aliphatic rings. The second-order valence-electron chi connectivity index (χ2n) is 5.00. The summed E-state index contributed by atoms with van der Waals surface area (Å²) in [6.45, 7) is 3.70. The van der Waals surface area contributed by atoms with E-state index in [1.54, 1.807) is 37.4 Å². The van der Waals surface area contributed by atoms with Crippen molar-refractivity contribution in [2.75, 3.05) is 12.4 Å². The number of para-hydroxylation sites is 1. The second-order valence-corrected chi connectivity index (χ2v) is 5.00. The van der Waals surface area contributed by atoms with Crippen LogP contribution in [0.15, 0.2) is 36.4 Å². The highest BCUT2D eigenvalue weighted by molar-refractivity contribution is 6.09. The number of rotatable bonds is 4. The first kappa shape index (κ1) is 15.6. The highest BCUT2D eigenvalue weighted by Gasteiger charge is 2.15. The van der Waals surface area contributed by atoms with E-state index in [2.05, 4.69) is 5.32 Å². The van der Waals surface area contributed by atoms with Crippen LogP contribution < -0.4 is 15.8 Å². The highest BCUT2D eigenvalue weighted by Crippen LogP contribution is 2.24. The van der Waals surface area contributed by atoms with Crippen molar-refractivity contribution < 1.29 is 14.3 Å². The lowest BCUT2D eigenvalue weighted by Crippen LogP contribution is -2.19. The Labute approximate surface area is 129 Å². The second kappa shape index (κ2) is 6.30. The molecule has 2 aromatic carbocycles. The van der Waals surface area contributed by atoms with Gasteiger partial charge in [0.15, 0.2) is 0 Å². The van der Waals surface area contributed by atoms with Crippen molar-refractivity contribution in [2.24, 2.45) is 5.73 Å². The van der Waals surface area contributed by atoms with Crippen LogP contribution in [0.5, 0.6) is 5.75 Å². The summed E-state index contributed by atoms with van der Waals surface area (Å²) in [7, 11) is 1.59. The molecule has 114 valence electrons. The van der Waals surface area contributed by atoms with Crippen LogP contribution in [-0.2, 0) is 0 Å². The van der Waals surface area contributed by atoms with Gasteiger partial charge in [0.1, 0.15) is 5.75 Å². The molecule has 3 N–H and O–H groups in total. The summed E-state index contributed by atoms with van der Waals surface area (Å²) in [6.07, 6.45) is 0. The molecule has 5 nitrogen and oxygen atoms in total. The van der Waals surface area contributed by atoms with Gasteiger partial charge < -0.3 is 15.8 Å². The number of carbonyl (C=O) groups is 2. The maximum atomic E-state index is 12.5. The minimum Gasteiger partial charge on any atom is -0.496 e. The molecule has 2 aromatic rings. The monoisotopic (exact) mass is 298 g/mol. The lowest BCUT2D eigenvalue weighted by Gasteiger charge is -2.13. The zero-order valence-electron chi connectivity index (χ0n) is 12.8. The van der Waals surface area contributed by atoms with Crippen molar-refractivity contribution in [1.82, 2.24) is 0 Å². The van der Waals surface area contributed by atoms with Crippen molar-refractivity contribution in [3.8, 4) is 5.75 Å². The van der Waals surface area contributed by atoms with E-state index in [0.717, 1.165) is 16.9 Å². The number of primary amides is 1. The molecule has 0 aliphatic carbocycles. The predicted octanol–water partition coefficient (Wildman–Crippen LogP) is 2.66. The Kier molecular flexibility index (Phi) is 4.46. The molecule has 0 aliphatic heterocycles. The van der Waals surface area contributed by atoms with Gasteiger partial charge >= 0.3 is 0 Å². The van der Waals surface area contributed by atoms with Crippen LogP contribution in [0.4, 0.5) is 5.69 Å². The number of hydrogen-bond acceptors (Lipinski definition) is 3. The van der Waals surface area contributed by atoms with Gasteiger partial charge in [0.05, 0.1) is 18.4 Å². The number of ether oxygens (including phenoxy) is 1. The summed E-state index contributed by atoms with van der Waals surface area (Å²) in [5, 5.41) is 2.73. The van der Waals surface area contributed by atoms with E-state index >= 15 is 0 Å². The number of nitrogens with one attached hydrogen (secondary N) is 1. The normalized spacial score (nSPS) is 10.1. The third-order valence-corrected chi connectivity index (χ3v) is 3.43. The third kappa shape index (κ3) is 3.09. The number of carbonyl (C=O) groups excluding carboxylic acids is 2. The molecule has 0 fully saturated rings. The topological polar surface area (TPSA) is 81.4 Å². The fourth-order valence-electron chi connectivity index (χ4n) is 2.25. The first-order valence-electron chi connectivity index (χ1n) is 6.79. The van der Waals surface area contributed by atoms with Gasteiger partial charge in [-0.15, -0.1) is 0 Å². The number of benzene rings is 2. The van der Waals surface area contributed by atoms with Gasteiger partial charge in [-0.05, 0) is 49.2 Å². The van der Waals surface area contributed by atoms with Crippen LogP contribution in [0, 0.1) is 13.8 Å². The van der Waals surface area contributed by atoms with Crippen LogP contribution in [0.2, 0.25) is 0 Å². The van der Waals surface area contributed by atoms with Crippen molar-refractivity contribution in [2.45, 2.75) is 13.8 Å². The molecule has 0 saturated heterocycles. The van der Waals surface area contributed by atoms with Gasteiger partial charge in [-0.3, -0.25) is 9.59 Å².